The Balaban J connectivity index is 3.02. The van der Waals surface area contributed by atoms with Gasteiger partial charge in [-0.1, -0.05) is 174 Å². The van der Waals surface area contributed by atoms with Crippen LogP contribution in [0.5, 0.6) is 0 Å². The Bertz CT molecular complexity index is 361. The zero-order valence-electron chi connectivity index (χ0n) is 24.1. The standard InChI is InChI=1S/C32H66O3/c1-2-3-4-5-6-7-8-9-10-11-12-13-14-15-16-17-18-19-20-21-22-23-24-25-26-27-28-29-35-31-32(34)30-33/h32-34H,2-31H2,1H3. The predicted octanol–water partition coefficient (Wildman–Crippen LogP) is 9.91. The van der Waals surface area contributed by atoms with Crippen LogP contribution in [0.2, 0.25) is 0 Å². The summed E-state index contributed by atoms with van der Waals surface area (Å²) in [5, 5.41) is 17.9. The van der Waals surface area contributed by atoms with Gasteiger partial charge in [-0.3, -0.25) is 0 Å². The van der Waals surface area contributed by atoms with E-state index in [9.17, 15) is 5.11 Å². The number of unbranched alkanes of at least 4 members (excludes halogenated alkanes) is 26. The van der Waals surface area contributed by atoms with Crippen molar-refractivity contribution < 1.29 is 14.9 Å². The molecule has 0 bridgehead atoms. The molecule has 1 atom stereocenters. The van der Waals surface area contributed by atoms with Gasteiger partial charge in [-0.25, -0.2) is 0 Å². The van der Waals surface area contributed by atoms with Gasteiger partial charge in [-0.05, 0) is 6.42 Å². The van der Waals surface area contributed by atoms with Gasteiger partial charge >= 0.3 is 0 Å². The Morgan fingerprint density at radius 3 is 0.943 bits per heavy atom. The summed E-state index contributed by atoms with van der Waals surface area (Å²) >= 11 is 0. The summed E-state index contributed by atoms with van der Waals surface area (Å²) in [5.41, 5.74) is 0. The minimum atomic E-state index is -0.719. The highest BCUT2D eigenvalue weighted by atomic mass is 16.5. The molecular formula is C32H66O3. The molecule has 0 amide bonds. The Labute approximate surface area is 221 Å². The second-order valence-corrected chi connectivity index (χ2v) is 11.1. The van der Waals surface area contributed by atoms with Crippen molar-refractivity contribution in [1.29, 1.82) is 0 Å². The van der Waals surface area contributed by atoms with Crippen molar-refractivity contribution in [2.75, 3.05) is 19.8 Å². The van der Waals surface area contributed by atoms with Crippen molar-refractivity contribution in [3.05, 3.63) is 0 Å². The molecule has 1 unspecified atom stereocenters. The molecule has 0 aliphatic rings. The Morgan fingerprint density at radius 2 is 0.686 bits per heavy atom. The third-order valence-electron chi connectivity index (χ3n) is 7.41. The molecule has 0 saturated heterocycles. The molecule has 0 aliphatic carbocycles. The molecule has 0 heterocycles. The summed E-state index contributed by atoms with van der Waals surface area (Å²) in [7, 11) is 0. The number of hydrogen-bond donors (Lipinski definition) is 2. The van der Waals surface area contributed by atoms with Crippen LogP contribution in [0, 0.1) is 0 Å². The van der Waals surface area contributed by atoms with Crippen LogP contribution in [0.3, 0.4) is 0 Å². The third-order valence-corrected chi connectivity index (χ3v) is 7.41. The molecule has 0 aromatic heterocycles. The maximum atomic E-state index is 9.18. The molecule has 0 aromatic carbocycles. The maximum Gasteiger partial charge on any atom is 0.100 e. The van der Waals surface area contributed by atoms with Crippen LogP contribution in [0.25, 0.3) is 0 Å². The van der Waals surface area contributed by atoms with E-state index in [0.717, 1.165) is 6.42 Å². The fourth-order valence-electron chi connectivity index (χ4n) is 4.97. The minimum Gasteiger partial charge on any atom is -0.394 e. The van der Waals surface area contributed by atoms with Crippen LogP contribution < -0.4 is 0 Å². The van der Waals surface area contributed by atoms with E-state index in [1.54, 1.807) is 0 Å². The van der Waals surface area contributed by atoms with Crippen LogP contribution in [-0.4, -0.2) is 36.1 Å². The zero-order valence-corrected chi connectivity index (χ0v) is 24.1. The van der Waals surface area contributed by atoms with E-state index in [4.69, 9.17) is 9.84 Å². The second-order valence-electron chi connectivity index (χ2n) is 11.1. The van der Waals surface area contributed by atoms with E-state index in [-0.39, 0.29) is 13.2 Å². The molecular weight excluding hydrogens is 432 g/mol. The average Bonchev–Trinajstić information content (AvgIpc) is 2.87. The van der Waals surface area contributed by atoms with Crippen molar-refractivity contribution in [3.8, 4) is 0 Å². The number of aliphatic hydroxyl groups is 2. The van der Waals surface area contributed by atoms with Gasteiger partial charge in [0.25, 0.3) is 0 Å². The van der Waals surface area contributed by atoms with E-state index in [1.165, 1.54) is 167 Å². The quantitative estimate of drug-likeness (QED) is 0.0935. The molecule has 0 rings (SSSR count). The molecule has 0 aliphatic heterocycles. The zero-order chi connectivity index (χ0) is 25.5. The van der Waals surface area contributed by atoms with E-state index < -0.39 is 6.10 Å². The summed E-state index contributed by atoms with van der Waals surface area (Å²) in [6.45, 7) is 3.05. The SMILES string of the molecule is CCCCCCCCCCCCCCCCCCCCCCCCCCCCCOCC(O)CO. The van der Waals surface area contributed by atoms with Crippen molar-refractivity contribution in [1.82, 2.24) is 0 Å². The van der Waals surface area contributed by atoms with Gasteiger partial charge in [0.15, 0.2) is 0 Å². The highest BCUT2D eigenvalue weighted by Crippen LogP contribution is 2.16. The number of rotatable bonds is 31. The lowest BCUT2D eigenvalue weighted by Crippen LogP contribution is -2.19. The molecule has 3 heteroatoms. The van der Waals surface area contributed by atoms with Crippen LogP contribution in [0.15, 0.2) is 0 Å². The fourth-order valence-corrected chi connectivity index (χ4v) is 4.97. The first-order valence-electron chi connectivity index (χ1n) is 16.2. The molecule has 0 spiro atoms. The van der Waals surface area contributed by atoms with Gasteiger partial charge in [0, 0.05) is 6.61 Å². The first-order chi connectivity index (χ1) is 17.3. The van der Waals surface area contributed by atoms with Crippen LogP contribution in [0.4, 0.5) is 0 Å². The highest BCUT2D eigenvalue weighted by Gasteiger charge is 2.01. The van der Waals surface area contributed by atoms with Crippen LogP contribution in [-0.2, 0) is 4.74 Å². The summed E-state index contributed by atoms with van der Waals surface area (Å²) in [6, 6.07) is 0. The van der Waals surface area contributed by atoms with Gasteiger partial charge < -0.3 is 14.9 Å². The lowest BCUT2D eigenvalue weighted by molar-refractivity contribution is 0.00526. The van der Waals surface area contributed by atoms with E-state index in [0.29, 0.717) is 6.61 Å². The lowest BCUT2D eigenvalue weighted by atomic mass is 10.0. The van der Waals surface area contributed by atoms with Gasteiger partial charge in [0.05, 0.1) is 13.2 Å². The lowest BCUT2D eigenvalue weighted by Gasteiger charge is -2.08. The number of aliphatic hydroxyl groups excluding tert-OH is 2. The largest absolute Gasteiger partial charge is 0.394 e. The van der Waals surface area contributed by atoms with Crippen molar-refractivity contribution in [3.63, 3.8) is 0 Å². The van der Waals surface area contributed by atoms with Crippen molar-refractivity contribution in [2.45, 2.75) is 186 Å². The smallest absolute Gasteiger partial charge is 0.100 e. The molecule has 35 heavy (non-hydrogen) atoms. The Hall–Kier alpha value is -0.120. The molecule has 0 radical (unpaired) electrons. The maximum absolute atomic E-state index is 9.18. The van der Waals surface area contributed by atoms with E-state index >= 15 is 0 Å². The normalized spacial score (nSPS) is 12.4. The monoisotopic (exact) mass is 499 g/mol. The van der Waals surface area contributed by atoms with Gasteiger partial charge in [0.2, 0.25) is 0 Å². The van der Waals surface area contributed by atoms with E-state index in [2.05, 4.69) is 6.92 Å². The van der Waals surface area contributed by atoms with Gasteiger partial charge in [-0.2, -0.15) is 0 Å². The number of ether oxygens (including phenoxy) is 1. The summed E-state index contributed by atoms with van der Waals surface area (Å²) < 4.78 is 5.33. The second kappa shape index (κ2) is 31.9. The third kappa shape index (κ3) is 31.9. The molecule has 212 valence electrons. The highest BCUT2D eigenvalue weighted by molar-refractivity contribution is 4.53. The van der Waals surface area contributed by atoms with Crippen molar-refractivity contribution >= 4 is 0 Å². The molecule has 2 N–H and O–H groups in total. The predicted molar refractivity (Wildman–Crippen MR) is 154 cm³/mol. The fraction of sp³-hybridized carbons (Fsp3) is 1.00. The molecule has 0 aromatic rings. The van der Waals surface area contributed by atoms with E-state index in [1.807, 2.05) is 0 Å². The molecule has 0 fully saturated rings. The summed E-state index contributed by atoms with van der Waals surface area (Å²) in [4.78, 5) is 0. The van der Waals surface area contributed by atoms with Crippen LogP contribution >= 0.6 is 0 Å². The molecule has 3 nitrogen and oxygen atoms in total. The minimum absolute atomic E-state index is 0.209. The Morgan fingerprint density at radius 1 is 0.429 bits per heavy atom. The summed E-state index contributed by atoms with van der Waals surface area (Å²) in [6.07, 6.45) is 37.6. The van der Waals surface area contributed by atoms with Gasteiger partial charge in [-0.15, -0.1) is 0 Å². The van der Waals surface area contributed by atoms with Crippen molar-refractivity contribution in [2.24, 2.45) is 0 Å². The average molecular weight is 499 g/mol. The summed E-state index contributed by atoms with van der Waals surface area (Å²) in [5.74, 6) is 0. The number of hydrogen-bond acceptors (Lipinski definition) is 3. The topological polar surface area (TPSA) is 49.7 Å². The Kier molecular flexibility index (Phi) is 31.8. The first-order valence-corrected chi connectivity index (χ1v) is 16.2. The van der Waals surface area contributed by atoms with Crippen LogP contribution in [0.1, 0.15) is 180 Å². The van der Waals surface area contributed by atoms with Gasteiger partial charge in [0.1, 0.15) is 6.10 Å². The first kappa shape index (κ1) is 34.9. The molecule has 0 saturated carbocycles.